The van der Waals surface area contributed by atoms with Crippen LogP contribution in [0.1, 0.15) is 12.0 Å². The highest BCUT2D eigenvalue weighted by Crippen LogP contribution is 2.34. The molecule has 0 aromatic heterocycles. The zero-order valence-electron chi connectivity index (χ0n) is 9.50. The first-order valence-corrected chi connectivity index (χ1v) is 6.31. The number of aliphatic hydroxyl groups is 1. The lowest BCUT2D eigenvalue weighted by atomic mass is 9.93. The summed E-state index contributed by atoms with van der Waals surface area (Å²) in [5.41, 5.74) is -0.0565. The SMILES string of the molecule is C=CCN1CCC(O)(c2cc(Cl)cc(Cl)c2)C1. The number of hydrogen-bond acceptors (Lipinski definition) is 2. The molecule has 2 nitrogen and oxygen atoms in total. The highest BCUT2D eigenvalue weighted by Gasteiger charge is 2.37. The summed E-state index contributed by atoms with van der Waals surface area (Å²) in [6.45, 7) is 5.94. The van der Waals surface area contributed by atoms with Crippen LogP contribution < -0.4 is 0 Å². The van der Waals surface area contributed by atoms with Gasteiger partial charge in [-0.3, -0.25) is 4.90 Å². The van der Waals surface area contributed by atoms with Crippen molar-refractivity contribution in [3.63, 3.8) is 0 Å². The first-order chi connectivity index (χ1) is 8.03. The highest BCUT2D eigenvalue weighted by molar-refractivity contribution is 6.34. The van der Waals surface area contributed by atoms with Crippen molar-refractivity contribution in [2.75, 3.05) is 19.6 Å². The third-order valence-corrected chi connectivity index (χ3v) is 3.55. The van der Waals surface area contributed by atoms with E-state index in [1.807, 2.05) is 6.08 Å². The number of likely N-dealkylation sites (tertiary alicyclic amines) is 1. The molecule has 0 amide bonds. The molecule has 1 fully saturated rings. The summed E-state index contributed by atoms with van der Waals surface area (Å²) >= 11 is 11.9. The van der Waals surface area contributed by atoms with Crippen LogP contribution in [0, 0.1) is 0 Å². The Morgan fingerprint density at radius 2 is 2.00 bits per heavy atom. The van der Waals surface area contributed by atoms with Gasteiger partial charge in [-0.15, -0.1) is 6.58 Å². The summed E-state index contributed by atoms with van der Waals surface area (Å²) in [5, 5.41) is 11.7. The van der Waals surface area contributed by atoms with Crippen LogP contribution in [0.15, 0.2) is 30.9 Å². The molecule has 0 radical (unpaired) electrons. The Morgan fingerprint density at radius 3 is 2.59 bits per heavy atom. The van der Waals surface area contributed by atoms with Gasteiger partial charge in [-0.2, -0.15) is 0 Å². The Hall–Kier alpha value is -0.540. The van der Waals surface area contributed by atoms with E-state index in [9.17, 15) is 5.11 Å². The Kier molecular flexibility index (Phi) is 3.79. The average molecular weight is 272 g/mol. The molecule has 1 heterocycles. The predicted octanol–water partition coefficient (Wildman–Crippen LogP) is 3.07. The fourth-order valence-corrected chi connectivity index (χ4v) is 2.79. The molecule has 1 unspecified atom stereocenters. The minimum Gasteiger partial charge on any atom is -0.384 e. The summed E-state index contributed by atoms with van der Waals surface area (Å²) < 4.78 is 0. The quantitative estimate of drug-likeness (QED) is 0.855. The molecule has 0 bridgehead atoms. The third kappa shape index (κ3) is 2.83. The first-order valence-electron chi connectivity index (χ1n) is 5.56. The van der Waals surface area contributed by atoms with Crippen molar-refractivity contribution in [2.45, 2.75) is 12.0 Å². The smallest absolute Gasteiger partial charge is 0.104 e. The van der Waals surface area contributed by atoms with Crippen LogP contribution in [0.25, 0.3) is 0 Å². The van der Waals surface area contributed by atoms with Crippen molar-refractivity contribution < 1.29 is 5.11 Å². The minimum absolute atomic E-state index is 0.558. The molecule has 4 heteroatoms. The van der Waals surface area contributed by atoms with Crippen molar-refractivity contribution in [2.24, 2.45) is 0 Å². The first kappa shape index (κ1) is 12.9. The largest absolute Gasteiger partial charge is 0.384 e. The van der Waals surface area contributed by atoms with Crippen LogP contribution >= 0.6 is 23.2 Å². The second kappa shape index (κ2) is 4.99. The second-order valence-electron chi connectivity index (χ2n) is 4.46. The van der Waals surface area contributed by atoms with E-state index >= 15 is 0 Å². The second-order valence-corrected chi connectivity index (χ2v) is 5.34. The fraction of sp³-hybridized carbons (Fsp3) is 0.385. The Balaban J connectivity index is 2.24. The molecule has 2 rings (SSSR count). The van der Waals surface area contributed by atoms with Crippen LogP contribution in [0.4, 0.5) is 0 Å². The van der Waals surface area contributed by atoms with E-state index in [-0.39, 0.29) is 0 Å². The zero-order valence-corrected chi connectivity index (χ0v) is 11.0. The molecule has 92 valence electrons. The van der Waals surface area contributed by atoms with Crippen LogP contribution in [-0.4, -0.2) is 29.6 Å². The number of nitrogens with zero attached hydrogens (tertiary/aromatic N) is 1. The molecule has 1 aromatic rings. The van der Waals surface area contributed by atoms with E-state index in [0.29, 0.717) is 23.0 Å². The molecule has 1 atom stereocenters. The van der Waals surface area contributed by atoms with Gasteiger partial charge >= 0.3 is 0 Å². The van der Waals surface area contributed by atoms with Crippen LogP contribution in [0.3, 0.4) is 0 Å². The molecule has 0 aliphatic carbocycles. The van der Waals surface area contributed by atoms with E-state index < -0.39 is 5.60 Å². The standard InChI is InChI=1S/C13H15Cl2NO/c1-2-4-16-5-3-13(17,9-16)10-6-11(14)8-12(15)7-10/h2,6-8,17H,1,3-5,9H2. The van der Waals surface area contributed by atoms with E-state index in [1.54, 1.807) is 18.2 Å². The Morgan fingerprint density at radius 1 is 1.35 bits per heavy atom. The lowest BCUT2D eigenvalue weighted by Crippen LogP contribution is -2.30. The monoisotopic (exact) mass is 271 g/mol. The number of rotatable bonds is 3. The molecule has 1 aliphatic heterocycles. The molecule has 1 aromatic carbocycles. The van der Waals surface area contributed by atoms with Crippen molar-refractivity contribution in [1.29, 1.82) is 0 Å². The summed E-state index contributed by atoms with van der Waals surface area (Å²) in [7, 11) is 0. The van der Waals surface area contributed by atoms with E-state index in [2.05, 4.69) is 11.5 Å². The number of benzene rings is 1. The molecule has 17 heavy (non-hydrogen) atoms. The van der Waals surface area contributed by atoms with Crippen molar-refractivity contribution >= 4 is 23.2 Å². The van der Waals surface area contributed by atoms with Gasteiger partial charge in [0.2, 0.25) is 0 Å². The van der Waals surface area contributed by atoms with E-state index in [4.69, 9.17) is 23.2 Å². The summed E-state index contributed by atoms with van der Waals surface area (Å²) in [6, 6.07) is 5.24. The van der Waals surface area contributed by atoms with E-state index in [1.165, 1.54) is 0 Å². The van der Waals surface area contributed by atoms with Crippen LogP contribution in [0.5, 0.6) is 0 Å². The van der Waals surface area contributed by atoms with Crippen molar-refractivity contribution in [1.82, 2.24) is 4.90 Å². The summed E-state index contributed by atoms with van der Waals surface area (Å²) in [5.74, 6) is 0. The Labute approximate surface area is 111 Å². The molecule has 1 N–H and O–H groups in total. The van der Waals surface area contributed by atoms with Crippen LogP contribution in [-0.2, 0) is 5.60 Å². The van der Waals surface area contributed by atoms with Gasteiger partial charge < -0.3 is 5.11 Å². The van der Waals surface area contributed by atoms with Gasteiger partial charge in [-0.25, -0.2) is 0 Å². The van der Waals surface area contributed by atoms with Gasteiger partial charge in [0.15, 0.2) is 0 Å². The average Bonchev–Trinajstić information content (AvgIpc) is 2.61. The zero-order chi connectivity index (χ0) is 12.5. The Bertz CT molecular complexity index is 415. The van der Waals surface area contributed by atoms with Crippen molar-refractivity contribution in [3.05, 3.63) is 46.5 Å². The predicted molar refractivity (Wildman–Crippen MR) is 71.6 cm³/mol. The van der Waals surface area contributed by atoms with Gasteiger partial charge in [-0.05, 0) is 30.2 Å². The molecule has 0 saturated carbocycles. The van der Waals surface area contributed by atoms with Gasteiger partial charge in [0.25, 0.3) is 0 Å². The lowest BCUT2D eigenvalue weighted by Gasteiger charge is -2.24. The lowest BCUT2D eigenvalue weighted by molar-refractivity contribution is 0.0474. The molecular weight excluding hydrogens is 257 g/mol. The van der Waals surface area contributed by atoms with Gasteiger partial charge in [0, 0.05) is 29.7 Å². The van der Waals surface area contributed by atoms with Crippen LogP contribution in [0.2, 0.25) is 10.0 Å². The van der Waals surface area contributed by atoms with Gasteiger partial charge in [0.1, 0.15) is 5.60 Å². The number of halogens is 2. The maximum Gasteiger partial charge on any atom is 0.104 e. The summed E-state index contributed by atoms with van der Waals surface area (Å²) in [4.78, 5) is 2.15. The molecule has 1 saturated heterocycles. The number of hydrogen-bond donors (Lipinski definition) is 1. The van der Waals surface area contributed by atoms with Gasteiger partial charge in [0.05, 0.1) is 0 Å². The maximum atomic E-state index is 10.6. The minimum atomic E-state index is -0.850. The normalized spacial score (nSPS) is 25.1. The molecule has 1 aliphatic rings. The fourth-order valence-electron chi connectivity index (χ4n) is 2.27. The topological polar surface area (TPSA) is 23.5 Å². The third-order valence-electron chi connectivity index (χ3n) is 3.11. The highest BCUT2D eigenvalue weighted by atomic mass is 35.5. The van der Waals surface area contributed by atoms with Crippen molar-refractivity contribution in [3.8, 4) is 0 Å². The van der Waals surface area contributed by atoms with E-state index in [0.717, 1.165) is 18.7 Å². The number of β-amino-alcohol motifs (C(OH)–C–C–N with tert-alkyl or cyclic N) is 1. The van der Waals surface area contributed by atoms with Gasteiger partial charge in [-0.1, -0.05) is 29.3 Å². The maximum absolute atomic E-state index is 10.6. The molecular formula is C13H15Cl2NO. The summed E-state index contributed by atoms with van der Waals surface area (Å²) in [6.07, 6.45) is 2.54. The molecule has 0 spiro atoms.